The van der Waals surface area contributed by atoms with Crippen molar-refractivity contribution in [2.75, 3.05) is 26.4 Å². The summed E-state index contributed by atoms with van der Waals surface area (Å²) in [6.07, 6.45) is 2.62. The van der Waals surface area contributed by atoms with Crippen LogP contribution in [0.1, 0.15) is 33.1 Å². The summed E-state index contributed by atoms with van der Waals surface area (Å²) in [6, 6.07) is 0.175. The average Bonchev–Trinajstić information content (AvgIpc) is 2.50. The number of hydrogen-bond donors (Lipinski definition) is 1. The third-order valence-electron chi connectivity index (χ3n) is 4.48. The molecule has 1 N–H and O–H groups in total. The van der Waals surface area contributed by atoms with Gasteiger partial charge >= 0.3 is 5.97 Å². The molecule has 21 heavy (non-hydrogen) atoms. The van der Waals surface area contributed by atoms with Crippen LogP contribution < -0.4 is 5.32 Å². The Bertz CT molecular complexity index is 367. The largest absolute Gasteiger partial charge is 0.454 e. The molecule has 6 nitrogen and oxygen atoms in total. The van der Waals surface area contributed by atoms with E-state index in [4.69, 9.17) is 14.2 Å². The standard InChI is InChI=1S/C15H25NO5/c1-10-4-3-5-12(11(10)2)16-14(17)9-21-15(18)13-8-19-6-7-20-13/h10-13H,3-9H2,1-2H3,(H,16,17)/t10-,11+,12+,13+/m1/s1. The van der Waals surface area contributed by atoms with Crippen molar-refractivity contribution in [1.82, 2.24) is 5.32 Å². The van der Waals surface area contributed by atoms with Crippen molar-refractivity contribution in [3.8, 4) is 0 Å². The van der Waals surface area contributed by atoms with Crippen molar-refractivity contribution >= 4 is 11.9 Å². The van der Waals surface area contributed by atoms with Gasteiger partial charge in [0.25, 0.3) is 5.91 Å². The second-order valence-corrected chi connectivity index (χ2v) is 5.98. The molecular weight excluding hydrogens is 274 g/mol. The van der Waals surface area contributed by atoms with E-state index in [0.717, 1.165) is 12.8 Å². The van der Waals surface area contributed by atoms with Gasteiger partial charge in [0.1, 0.15) is 0 Å². The first-order valence-electron chi connectivity index (χ1n) is 7.73. The highest BCUT2D eigenvalue weighted by Gasteiger charge is 2.29. The molecule has 0 aromatic carbocycles. The molecular formula is C15H25NO5. The van der Waals surface area contributed by atoms with Crippen molar-refractivity contribution in [1.29, 1.82) is 0 Å². The third-order valence-corrected chi connectivity index (χ3v) is 4.48. The smallest absolute Gasteiger partial charge is 0.338 e. The monoisotopic (exact) mass is 299 g/mol. The topological polar surface area (TPSA) is 73.9 Å². The highest BCUT2D eigenvalue weighted by Crippen LogP contribution is 2.29. The van der Waals surface area contributed by atoms with E-state index in [9.17, 15) is 9.59 Å². The van der Waals surface area contributed by atoms with Crippen LogP contribution in [0.15, 0.2) is 0 Å². The zero-order chi connectivity index (χ0) is 15.2. The van der Waals surface area contributed by atoms with Gasteiger partial charge in [-0.2, -0.15) is 0 Å². The molecule has 1 aliphatic carbocycles. The Hall–Kier alpha value is -1.14. The number of amides is 1. The molecule has 1 saturated carbocycles. The molecule has 1 aliphatic heterocycles. The summed E-state index contributed by atoms with van der Waals surface area (Å²) >= 11 is 0. The number of carbonyl (C=O) groups excluding carboxylic acids is 2. The van der Waals surface area contributed by atoms with Crippen LogP contribution in [0, 0.1) is 11.8 Å². The molecule has 1 saturated heterocycles. The summed E-state index contributed by atoms with van der Waals surface area (Å²) < 4.78 is 15.3. The van der Waals surface area contributed by atoms with Crippen LogP contribution in [-0.2, 0) is 23.8 Å². The van der Waals surface area contributed by atoms with E-state index in [0.29, 0.717) is 25.0 Å². The molecule has 120 valence electrons. The fourth-order valence-corrected chi connectivity index (χ4v) is 2.89. The van der Waals surface area contributed by atoms with Crippen LogP contribution in [0.3, 0.4) is 0 Å². The summed E-state index contributed by atoms with van der Waals surface area (Å²) in [5.74, 6) is 0.286. The Labute approximate surface area is 125 Å². The van der Waals surface area contributed by atoms with Gasteiger partial charge in [-0.15, -0.1) is 0 Å². The molecule has 0 unspecified atom stereocenters. The van der Waals surface area contributed by atoms with Gasteiger partial charge in [-0.1, -0.05) is 26.7 Å². The predicted octanol–water partition coefficient (Wildman–Crippen LogP) is 0.886. The van der Waals surface area contributed by atoms with E-state index in [-0.39, 0.29) is 25.2 Å². The molecule has 1 amide bonds. The number of ether oxygens (including phenoxy) is 3. The molecule has 0 radical (unpaired) electrons. The van der Waals surface area contributed by atoms with E-state index in [1.807, 2.05) is 0 Å². The van der Waals surface area contributed by atoms with Gasteiger partial charge in [0, 0.05) is 6.04 Å². The van der Waals surface area contributed by atoms with Gasteiger partial charge in [0.2, 0.25) is 0 Å². The Morgan fingerprint density at radius 3 is 2.76 bits per heavy atom. The number of carbonyl (C=O) groups is 2. The van der Waals surface area contributed by atoms with Gasteiger partial charge < -0.3 is 19.5 Å². The molecule has 4 atom stereocenters. The number of hydrogen-bond acceptors (Lipinski definition) is 5. The molecule has 0 aromatic rings. The van der Waals surface area contributed by atoms with Crippen LogP contribution in [0.25, 0.3) is 0 Å². The minimum Gasteiger partial charge on any atom is -0.454 e. The normalized spacial score (nSPS) is 33.2. The summed E-state index contributed by atoms with van der Waals surface area (Å²) in [5.41, 5.74) is 0. The lowest BCUT2D eigenvalue weighted by Crippen LogP contribution is -2.46. The molecule has 2 fully saturated rings. The molecule has 6 heteroatoms. The Morgan fingerprint density at radius 1 is 1.24 bits per heavy atom. The van der Waals surface area contributed by atoms with Gasteiger partial charge in [-0.25, -0.2) is 4.79 Å². The first-order chi connectivity index (χ1) is 10.1. The van der Waals surface area contributed by atoms with Crippen LogP contribution in [-0.4, -0.2) is 50.4 Å². The van der Waals surface area contributed by atoms with E-state index in [1.165, 1.54) is 6.42 Å². The maximum absolute atomic E-state index is 11.9. The minimum atomic E-state index is -0.708. The zero-order valence-corrected chi connectivity index (χ0v) is 12.8. The molecule has 2 rings (SSSR count). The van der Waals surface area contributed by atoms with Crippen LogP contribution in [0.4, 0.5) is 0 Å². The molecule has 0 spiro atoms. The Balaban J connectivity index is 1.70. The Kier molecular flexibility index (Phi) is 5.99. The number of rotatable bonds is 4. The minimum absolute atomic E-state index is 0.175. The van der Waals surface area contributed by atoms with Crippen LogP contribution in [0.5, 0.6) is 0 Å². The quantitative estimate of drug-likeness (QED) is 0.780. The predicted molar refractivity (Wildman–Crippen MR) is 75.6 cm³/mol. The lowest BCUT2D eigenvalue weighted by atomic mass is 9.78. The molecule has 2 aliphatic rings. The van der Waals surface area contributed by atoms with Crippen molar-refractivity contribution in [2.45, 2.75) is 45.3 Å². The summed E-state index contributed by atoms with van der Waals surface area (Å²) in [4.78, 5) is 23.6. The summed E-state index contributed by atoms with van der Waals surface area (Å²) in [7, 11) is 0. The molecule has 0 bridgehead atoms. The molecule has 0 aromatic heterocycles. The third kappa shape index (κ3) is 4.68. The Morgan fingerprint density at radius 2 is 2.05 bits per heavy atom. The fourth-order valence-electron chi connectivity index (χ4n) is 2.89. The average molecular weight is 299 g/mol. The highest BCUT2D eigenvalue weighted by molar-refractivity contribution is 5.82. The number of esters is 1. The first kappa shape index (κ1) is 16.2. The van der Waals surface area contributed by atoms with E-state index < -0.39 is 12.1 Å². The highest BCUT2D eigenvalue weighted by atomic mass is 16.6. The van der Waals surface area contributed by atoms with Crippen molar-refractivity contribution in [3.63, 3.8) is 0 Å². The van der Waals surface area contributed by atoms with E-state index >= 15 is 0 Å². The van der Waals surface area contributed by atoms with E-state index in [1.54, 1.807) is 0 Å². The van der Waals surface area contributed by atoms with Crippen molar-refractivity contribution in [2.24, 2.45) is 11.8 Å². The van der Waals surface area contributed by atoms with E-state index in [2.05, 4.69) is 19.2 Å². The first-order valence-corrected chi connectivity index (χ1v) is 7.73. The van der Waals surface area contributed by atoms with Gasteiger partial charge in [-0.3, -0.25) is 4.79 Å². The maximum atomic E-state index is 11.9. The van der Waals surface area contributed by atoms with Gasteiger partial charge in [0.05, 0.1) is 19.8 Å². The fraction of sp³-hybridized carbons (Fsp3) is 0.867. The van der Waals surface area contributed by atoms with Crippen molar-refractivity contribution < 1.29 is 23.8 Å². The van der Waals surface area contributed by atoms with Crippen LogP contribution >= 0.6 is 0 Å². The molecule has 1 heterocycles. The SMILES string of the molecule is C[C@H]1[C@H](C)CCC[C@@H]1NC(=O)COC(=O)[C@@H]1COCCO1. The number of nitrogens with one attached hydrogen (secondary N) is 1. The summed E-state index contributed by atoms with van der Waals surface area (Å²) in [6.45, 7) is 5.18. The maximum Gasteiger partial charge on any atom is 0.338 e. The van der Waals surface area contributed by atoms with Crippen molar-refractivity contribution in [3.05, 3.63) is 0 Å². The summed E-state index contributed by atoms with van der Waals surface area (Å²) in [5, 5.41) is 2.97. The second kappa shape index (κ2) is 7.75. The van der Waals surface area contributed by atoms with Crippen LogP contribution in [0.2, 0.25) is 0 Å². The lowest BCUT2D eigenvalue weighted by Gasteiger charge is -2.34. The van der Waals surface area contributed by atoms with Gasteiger partial charge in [-0.05, 0) is 18.3 Å². The lowest BCUT2D eigenvalue weighted by molar-refractivity contribution is -0.172. The second-order valence-electron chi connectivity index (χ2n) is 5.98. The van der Waals surface area contributed by atoms with Gasteiger partial charge in [0.15, 0.2) is 12.7 Å². The zero-order valence-electron chi connectivity index (χ0n) is 12.8.